The van der Waals surface area contributed by atoms with Gasteiger partial charge in [-0.05, 0) is 12.0 Å². The van der Waals surface area contributed by atoms with Gasteiger partial charge in [0.05, 0.1) is 6.42 Å². The van der Waals surface area contributed by atoms with Gasteiger partial charge < -0.3 is 5.32 Å². The van der Waals surface area contributed by atoms with Crippen LogP contribution >= 0.6 is 0 Å². The summed E-state index contributed by atoms with van der Waals surface area (Å²) in [6, 6.07) is 18.7. The zero-order chi connectivity index (χ0) is 15.8. The van der Waals surface area contributed by atoms with Crippen molar-refractivity contribution in [1.82, 2.24) is 5.32 Å². The molecule has 0 heterocycles. The largest absolute Gasteiger partial charge is 0.353 e. The molecule has 0 aliphatic heterocycles. The van der Waals surface area contributed by atoms with Gasteiger partial charge in [-0.1, -0.05) is 67.6 Å². The van der Waals surface area contributed by atoms with Crippen molar-refractivity contribution in [2.24, 2.45) is 0 Å². The van der Waals surface area contributed by atoms with Gasteiger partial charge in [0.1, 0.15) is 0 Å². The normalized spacial score (nSPS) is 11.7. The van der Waals surface area contributed by atoms with E-state index in [9.17, 15) is 9.59 Å². The second kappa shape index (κ2) is 8.13. The lowest BCUT2D eigenvalue weighted by Gasteiger charge is -2.16. The number of benzene rings is 2. The molecule has 22 heavy (non-hydrogen) atoms. The van der Waals surface area contributed by atoms with Crippen molar-refractivity contribution in [3.05, 3.63) is 71.8 Å². The number of rotatable bonds is 7. The van der Waals surface area contributed by atoms with Crippen LogP contribution in [0, 0.1) is 0 Å². The highest BCUT2D eigenvalue weighted by molar-refractivity contribution is 5.96. The van der Waals surface area contributed by atoms with Crippen LogP contribution in [-0.2, 0) is 11.2 Å². The molecule has 1 N–H and O–H groups in total. The Balaban J connectivity index is 1.89. The highest BCUT2D eigenvalue weighted by atomic mass is 16.1. The molecule has 0 aliphatic carbocycles. The first-order chi connectivity index (χ1) is 10.7. The Hall–Kier alpha value is -2.42. The summed E-state index contributed by atoms with van der Waals surface area (Å²) in [6.07, 6.45) is 1.41. The number of hydrogen-bond donors (Lipinski definition) is 1. The van der Waals surface area contributed by atoms with Gasteiger partial charge in [-0.3, -0.25) is 9.59 Å². The first-order valence-corrected chi connectivity index (χ1v) is 7.60. The topological polar surface area (TPSA) is 46.2 Å². The fourth-order valence-corrected chi connectivity index (χ4v) is 2.32. The van der Waals surface area contributed by atoms with Gasteiger partial charge in [0.2, 0.25) is 5.91 Å². The molecule has 1 atom stereocenters. The summed E-state index contributed by atoms with van der Waals surface area (Å²) in [7, 11) is 0. The maximum Gasteiger partial charge on any atom is 0.224 e. The van der Waals surface area contributed by atoms with E-state index in [2.05, 4.69) is 5.32 Å². The van der Waals surface area contributed by atoms with Crippen LogP contribution in [0.4, 0.5) is 0 Å². The Kier molecular flexibility index (Phi) is 5.90. The molecule has 2 aromatic rings. The average molecular weight is 295 g/mol. The van der Waals surface area contributed by atoms with Gasteiger partial charge in [0.15, 0.2) is 5.78 Å². The molecular formula is C19H21NO2. The van der Waals surface area contributed by atoms with E-state index in [1.54, 1.807) is 12.1 Å². The lowest BCUT2D eigenvalue weighted by atomic mass is 10.0. The van der Waals surface area contributed by atoms with Crippen LogP contribution in [0.5, 0.6) is 0 Å². The number of Topliss-reactive ketones (excluding diaryl/α,β-unsaturated/α-hetero) is 1. The van der Waals surface area contributed by atoms with E-state index in [-0.39, 0.29) is 17.7 Å². The van der Waals surface area contributed by atoms with Crippen molar-refractivity contribution < 1.29 is 9.59 Å². The average Bonchev–Trinajstić information content (AvgIpc) is 2.55. The zero-order valence-corrected chi connectivity index (χ0v) is 12.8. The monoisotopic (exact) mass is 295 g/mol. The van der Waals surface area contributed by atoms with Gasteiger partial charge in [-0.2, -0.15) is 0 Å². The Labute approximate surface area is 131 Å². The van der Waals surface area contributed by atoms with Crippen LogP contribution in [-0.4, -0.2) is 17.7 Å². The molecule has 0 saturated heterocycles. The van der Waals surface area contributed by atoms with Crippen molar-refractivity contribution in [2.75, 3.05) is 0 Å². The highest BCUT2D eigenvalue weighted by Crippen LogP contribution is 2.08. The number of amides is 1. The third-order valence-corrected chi connectivity index (χ3v) is 3.59. The zero-order valence-electron chi connectivity index (χ0n) is 12.8. The molecule has 3 nitrogen and oxygen atoms in total. The molecule has 1 unspecified atom stereocenters. The number of ketones is 1. The van der Waals surface area contributed by atoms with Crippen molar-refractivity contribution >= 4 is 11.7 Å². The van der Waals surface area contributed by atoms with E-state index in [0.29, 0.717) is 18.4 Å². The summed E-state index contributed by atoms with van der Waals surface area (Å²) in [6.45, 7) is 1.98. The van der Waals surface area contributed by atoms with E-state index in [0.717, 1.165) is 12.0 Å². The summed E-state index contributed by atoms with van der Waals surface area (Å²) in [5.74, 6) is 0.0198. The lowest BCUT2D eigenvalue weighted by Crippen LogP contribution is -2.37. The molecule has 0 fully saturated rings. The maximum atomic E-state index is 12.2. The van der Waals surface area contributed by atoms with Gasteiger partial charge >= 0.3 is 0 Å². The fraction of sp³-hybridized carbons (Fsp3) is 0.263. The minimum atomic E-state index is -0.121. The van der Waals surface area contributed by atoms with E-state index < -0.39 is 0 Å². The molecule has 0 saturated carbocycles. The molecule has 114 valence electrons. The van der Waals surface area contributed by atoms with Crippen molar-refractivity contribution in [1.29, 1.82) is 0 Å². The van der Waals surface area contributed by atoms with Crippen LogP contribution in [0.1, 0.15) is 35.7 Å². The van der Waals surface area contributed by atoms with Gasteiger partial charge in [-0.25, -0.2) is 0 Å². The van der Waals surface area contributed by atoms with Gasteiger partial charge in [0.25, 0.3) is 0 Å². The SMILES string of the molecule is CCC(CC(=O)c1ccccc1)NC(=O)Cc1ccccc1. The molecule has 0 radical (unpaired) electrons. The first kappa shape index (κ1) is 16.0. The quantitative estimate of drug-likeness (QED) is 0.796. The molecule has 2 rings (SSSR count). The Morgan fingerprint density at radius 3 is 2.14 bits per heavy atom. The molecule has 0 aromatic heterocycles. The summed E-state index contributed by atoms with van der Waals surface area (Å²) >= 11 is 0. The minimum absolute atomic E-state index is 0.0427. The van der Waals surface area contributed by atoms with Crippen molar-refractivity contribution in [3.8, 4) is 0 Å². The second-order valence-electron chi connectivity index (χ2n) is 5.33. The molecule has 0 aliphatic rings. The number of carbonyl (C=O) groups is 2. The van der Waals surface area contributed by atoms with Crippen LogP contribution in [0.15, 0.2) is 60.7 Å². The predicted octanol–water partition coefficient (Wildman–Crippen LogP) is 3.40. The Morgan fingerprint density at radius 1 is 0.955 bits per heavy atom. The van der Waals surface area contributed by atoms with Crippen molar-refractivity contribution in [3.63, 3.8) is 0 Å². The minimum Gasteiger partial charge on any atom is -0.353 e. The van der Waals surface area contributed by atoms with E-state index in [1.165, 1.54) is 0 Å². The van der Waals surface area contributed by atoms with Crippen LogP contribution in [0.3, 0.4) is 0 Å². The lowest BCUT2D eigenvalue weighted by molar-refractivity contribution is -0.121. The smallest absolute Gasteiger partial charge is 0.224 e. The van der Waals surface area contributed by atoms with E-state index in [1.807, 2.05) is 55.5 Å². The predicted molar refractivity (Wildman–Crippen MR) is 87.8 cm³/mol. The van der Waals surface area contributed by atoms with Gasteiger partial charge in [0, 0.05) is 18.0 Å². The standard InChI is InChI=1S/C19H21NO2/c1-2-17(14-18(21)16-11-7-4-8-12-16)20-19(22)13-15-9-5-3-6-10-15/h3-12,17H,2,13-14H2,1H3,(H,20,22). The van der Waals surface area contributed by atoms with Gasteiger partial charge in [-0.15, -0.1) is 0 Å². The third kappa shape index (κ3) is 4.85. The van der Waals surface area contributed by atoms with E-state index in [4.69, 9.17) is 0 Å². The second-order valence-corrected chi connectivity index (χ2v) is 5.33. The van der Waals surface area contributed by atoms with Crippen LogP contribution in [0.2, 0.25) is 0 Å². The van der Waals surface area contributed by atoms with Crippen LogP contribution < -0.4 is 5.32 Å². The number of hydrogen-bond acceptors (Lipinski definition) is 2. The third-order valence-electron chi connectivity index (χ3n) is 3.59. The molecule has 0 spiro atoms. The fourth-order valence-electron chi connectivity index (χ4n) is 2.32. The summed E-state index contributed by atoms with van der Waals surface area (Å²) in [5.41, 5.74) is 1.67. The Bertz CT molecular complexity index is 608. The summed E-state index contributed by atoms with van der Waals surface area (Å²) in [5, 5.41) is 2.96. The highest BCUT2D eigenvalue weighted by Gasteiger charge is 2.16. The number of carbonyl (C=O) groups excluding carboxylic acids is 2. The first-order valence-electron chi connectivity index (χ1n) is 7.60. The van der Waals surface area contributed by atoms with E-state index >= 15 is 0 Å². The van der Waals surface area contributed by atoms with Crippen molar-refractivity contribution in [2.45, 2.75) is 32.2 Å². The molecule has 3 heteroatoms. The molecule has 1 amide bonds. The maximum absolute atomic E-state index is 12.2. The molecular weight excluding hydrogens is 274 g/mol. The molecule has 2 aromatic carbocycles. The summed E-state index contributed by atoms with van der Waals surface area (Å²) in [4.78, 5) is 24.3. The molecule has 0 bridgehead atoms. The Morgan fingerprint density at radius 2 is 1.55 bits per heavy atom. The van der Waals surface area contributed by atoms with Crippen LogP contribution in [0.25, 0.3) is 0 Å². The summed E-state index contributed by atoms with van der Waals surface area (Å²) < 4.78 is 0. The number of nitrogens with one attached hydrogen (secondary N) is 1.